The van der Waals surface area contributed by atoms with Crippen LogP contribution in [0.3, 0.4) is 0 Å². The summed E-state index contributed by atoms with van der Waals surface area (Å²) < 4.78 is 0. The minimum atomic E-state index is -0.191. The average Bonchev–Trinajstić information content (AvgIpc) is 3.89. The van der Waals surface area contributed by atoms with Gasteiger partial charge in [-0.3, -0.25) is 0 Å². The van der Waals surface area contributed by atoms with Crippen molar-refractivity contribution in [3.8, 4) is 11.1 Å². The number of unbranched alkanes of at least 4 members (excludes halogenated alkanes) is 3. The predicted octanol–water partition coefficient (Wildman–Crippen LogP) is 16.1. The first-order valence-corrected chi connectivity index (χ1v) is 22.8. The first kappa shape index (κ1) is 39.1. The van der Waals surface area contributed by atoms with E-state index in [1.54, 1.807) is 0 Å². The first-order chi connectivity index (χ1) is 28.9. The van der Waals surface area contributed by atoms with Crippen molar-refractivity contribution >= 4 is 39.6 Å². The van der Waals surface area contributed by atoms with Crippen molar-refractivity contribution in [3.05, 3.63) is 174 Å². The summed E-state index contributed by atoms with van der Waals surface area (Å²) in [6.07, 6.45) is 33.7. The Hall–Kier alpha value is -5.34. The number of rotatable bonds is 14. The number of aryl methyl sites for hydroxylation is 1. The summed E-state index contributed by atoms with van der Waals surface area (Å²) in [6, 6.07) is 37.4. The van der Waals surface area contributed by atoms with E-state index in [-0.39, 0.29) is 11.5 Å². The Balaban J connectivity index is 1.08. The Bertz CT molecular complexity index is 2450. The fourth-order valence-electron chi connectivity index (χ4n) is 10.6. The van der Waals surface area contributed by atoms with Gasteiger partial charge in [0, 0.05) is 33.9 Å². The summed E-state index contributed by atoms with van der Waals surface area (Å²) in [5.41, 5.74) is 14.2. The normalized spacial score (nSPS) is 18.4. The third kappa shape index (κ3) is 7.80. The van der Waals surface area contributed by atoms with Crippen molar-refractivity contribution in [2.24, 2.45) is 11.8 Å². The van der Waals surface area contributed by atoms with Crippen LogP contribution in [-0.2, 0) is 11.8 Å². The maximum absolute atomic E-state index is 4.41. The van der Waals surface area contributed by atoms with Gasteiger partial charge in [0.2, 0.25) is 0 Å². The highest BCUT2D eigenvalue weighted by Crippen LogP contribution is 2.52. The molecule has 0 N–H and O–H groups in total. The highest BCUT2D eigenvalue weighted by Gasteiger charge is 2.37. The van der Waals surface area contributed by atoms with E-state index in [1.165, 1.54) is 118 Å². The summed E-state index contributed by atoms with van der Waals surface area (Å²) in [6.45, 7) is 11.5. The Morgan fingerprint density at radius 1 is 0.763 bits per heavy atom. The van der Waals surface area contributed by atoms with E-state index < -0.39 is 0 Å². The highest BCUT2D eigenvalue weighted by atomic mass is 15.2. The smallest absolute Gasteiger partial charge is 0.0554 e. The Kier molecular flexibility index (Phi) is 11.3. The molecule has 2 nitrogen and oxygen atoms in total. The Morgan fingerprint density at radius 3 is 2.24 bits per heavy atom. The molecule has 1 saturated carbocycles. The number of allylic oxidation sites excluding steroid dienone is 5. The van der Waals surface area contributed by atoms with Crippen molar-refractivity contribution in [2.75, 3.05) is 9.80 Å². The topological polar surface area (TPSA) is 6.48 Å². The SMILES string of the molecule is C=CC(C/C=C/CCCCC)N(c1ccc2c(c1)C=CCC2)c1ccc2c(c1)C(C)(C)c1cc(N(C3=CCC(C4CCCC4)C=C3)c3ccc4ccccc4c3)ccc1-2. The van der Waals surface area contributed by atoms with E-state index in [4.69, 9.17) is 0 Å². The molecular weight excluding hydrogens is 713 g/mol. The molecule has 4 aliphatic rings. The average molecular weight is 775 g/mol. The van der Waals surface area contributed by atoms with Gasteiger partial charge in [-0.15, -0.1) is 6.58 Å². The van der Waals surface area contributed by atoms with Gasteiger partial charge >= 0.3 is 0 Å². The summed E-state index contributed by atoms with van der Waals surface area (Å²) in [5.74, 6) is 1.48. The molecule has 0 aromatic heterocycles. The van der Waals surface area contributed by atoms with Gasteiger partial charge in [0.05, 0.1) is 6.04 Å². The van der Waals surface area contributed by atoms with Crippen LogP contribution < -0.4 is 9.80 Å². The van der Waals surface area contributed by atoms with Gasteiger partial charge in [-0.1, -0.05) is 138 Å². The molecule has 2 atom stereocenters. The monoisotopic (exact) mass is 774 g/mol. The number of nitrogens with zero attached hydrogens (tertiary/aromatic N) is 2. The summed E-state index contributed by atoms with van der Waals surface area (Å²) in [4.78, 5) is 5.05. The molecule has 2 unspecified atom stereocenters. The van der Waals surface area contributed by atoms with Gasteiger partial charge in [-0.25, -0.2) is 0 Å². The fraction of sp³-hybridized carbons (Fsp3) is 0.333. The predicted molar refractivity (Wildman–Crippen MR) is 255 cm³/mol. The molecule has 300 valence electrons. The van der Waals surface area contributed by atoms with E-state index in [1.807, 2.05) is 0 Å². The molecule has 5 aromatic rings. The number of benzene rings is 5. The molecule has 0 radical (unpaired) electrons. The second kappa shape index (κ2) is 17.1. The third-order valence-corrected chi connectivity index (χ3v) is 14.0. The molecule has 59 heavy (non-hydrogen) atoms. The van der Waals surface area contributed by atoms with Gasteiger partial charge in [-0.2, -0.15) is 0 Å². The summed E-state index contributed by atoms with van der Waals surface area (Å²) in [5, 5.41) is 2.54. The van der Waals surface area contributed by atoms with Crippen LogP contribution >= 0.6 is 0 Å². The van der Waals surface area contributed by atoms with Gasteiger partial charge < -0.3 is 9.80 Å². The molecule has 0 heterocycles. The quantitative estimate of drug-likeness (QED) is 0.0819. The van der Waals surface area contributed by atoms with Crippen LogP contribution in [-0.4, -0.2) is 6.04 Å². The molecule has 9 rings (SSSR count). The van der Waals surface area contributed by atoms with Crippen molar-refractivity contribution in [1.82, 2.24) is 0 Å². The molecular formula is C57H62N2. The second-order valence-corrected chi connectivity index (χ2v) is 18.1. The maximum atomic E-state index is 4.41. The number of anilines is 4. The van der Waals surface area contributed by atoms with Gasteiger partial charge in [-0.05, 0) is 162 Å². The van der Waals surface area contributed by atoms with Gasteiger partial charge in [0.25, 0.3) is 0 Å². The highest BCUT2D eigenvalue weighted by molar-refractivity contribution is 5.90. The molecule has 2 heteroatoms. The van der Waals surface area contributed by atoms with Crippen LogP contribution in [0, 0.1) is 11.8 Å². The van der Waals surface area contributed by atoms with Crippen LogP contribution in [0.25, 0.3) is 28.0 Å². The summed E-state index contributed by atoms with van der Waals surface area (Å²) in [7, 11) is 0. The van der Waals surface area contributed by atoms with E-state index in [9.17, 15) is 0 Å². The van der Waals surface area contributed by atoms with Crippen molar-refractivity contribution in [1.29, 1.82) is 0 Å². The van der Waals surface area contributed by atoms with Crippen LogP contribution in [0.1, 0.15) is 114 Å². The zero-order chi connectivity index (χ0) is 40.3. The van der Waals surface area contributed by atoms with E-state index in [2.05, 4.69) is 183 Å². The van der Waals surface area contributed by atoms with Crippen LogP contribution in [0.15, 0.2) is 152 Å². The van der Waals surface area contributed by atoms with Crippen molar-refractivity contribution in [2.45, 2.75) is 109 Å². The molecule has 0 saturated heterocycles. The van der Waals surface area contributed by atoms with Crippen LogP contribution in [0.2, 0.25) is 0 Å². The molecule has 5 aromatic carbocycles. The molecule has 0 amide bonds. The summed E-state index contributed by atoms with van der Waals surface area (Å²) >= 11 is 0. The zero-order valence-electron chi connectivity index (χ0n) is 35.7. The standard InChI is InChI=1S/C57H62N2/c1-5-7-8-9-10-11-24-47(6-2)58(49-31-27-42-20-14-16-22-45(42)37-49)51-33-35-53-54-36-34-52(40-56(54)57(3,4)55(53)39-51)59(50-32-28-43-21-15-17-23-46(43)38-50)48-29-25-44(26-30-48)41-18-12-13-19-41/h6,10-11,15-17,21-23,25,27-41,44,47H,2,5,7-9,12-14,18-20,24,26H2,1,3-4H3/b11-10+. The van der Waals surface area contributed by atoms with E-state index in [0.717, 1.165) is 38.0 Å². The van der Waals surface area contributed by atoms with Gasteiger partial charge in [0.1, 0.15) is 0 Å². The molecule has 0 aliphatic heterocycles. The molecule has 4 aliphatic carbocycles. The van der Waals surface area contributed by atoms with Crippen molar-refractivity contribution in [3.63, 3.8) is 0 Å². The minimum absolute atomic E-state index is 0.125. The van der Waals surface area contributed by atoms with Crippen molar-refractivity contribution < 1.29 is 0 Å². The lowest BCUT2D eigenvalue weighted by atomic mass is 9.82. The Morgan fingerprint density at radius 2 is 1.47 bits per heavy atom. The van der Waals surface area contributed by atoms with Gasteiger partial charge in [0.15, 0.2) is 0 Å². The van der Waals surface area contributed by atoms with Crippen LogP contribution in [0.5, 0.6) is 0 Å². The first-order valence-electron chi connectivity index (χ1n) is 22.8. The largest absolute Gasteiger partial charge is 0.334 e. The van der Waals surface area contributed by atoms with E-state index >= 15 is 0 Å². The molecule has 1 fully saturated rings. The number of fused-ring (bicyclic) bond motifs is 5. The lowest BCUT2D eigenvalue weighted by molar-refractivity contribution is 0.405. The maximum Gasteiger partial charge on any atom is 0.0554 e. The fourth-order valence-corrected chi connectivity index (χ4v) is 10.6. The number of hydrogen-bond donors (Lipinski definition) is 0. The third-order valence-electron chi connectivity index (χ3n) is 14.0. The van der Waals surface area contributed by atoms with E-state index in [0.29, 0.717) is 5.92 Å². The molecule has 0 bridgehead atoms. The second-order valence-electron chi connectivity index (χ2n) is 18.1. The zero-order valence-corrected chi connectivity index (χ0v) is 35.7. The molecule has 0 spiro atoms. The number of hydrogen-bond acceptors (Lipinski definition) is 2. The lowest BCUT2D eigenvalue weighted by Gasteiger charge is -2.33. The minimum Gasteiger partial charge on any atom is -0.334 e. The van der Waals surface area contributed by atoms with Crippen LogP contribution in [0.4, 0.5) is 22.7 Å². The lowest BCUT2D eigenvalue weighted by Crippen LogP contribution is -2.29. The Labute approximate surface area is 354 Å².